The Morgan fingerprint density at radius 1 is 1.24 bits per heavy atom. The van der Waals surface area contributed by atoms with Crippen molar-refractivity contribution in [2.24, 2.45) is 0 Å². The maximum absolute atomic E-state index is 6.38. The average Bonchev–Trinajstić information content (AvgIpc) is 2.45. The van der Waals surface area contributed by atoms with E-state index >= 15 is 0 Å². The molecule has 1 aromatic carbocycles. The number of hydrogen-bond donors (Lipinski definition) is 1. The van der Waals surface area contributed by atoms with Gasteiger partial charge in [0.15, 0.2) is 0 Å². The molecule has 0 fully saturated rings. The topological polar surface area (TPSA) is 9.23 Å². The fraction of sp³-hybridized carbons (Fsp3) is 0.294. The highest BCUT2D eigenvalue weighted by Gasteiger charge is 2.24. The minimum absolute atomic E-state index is 0.240. The lowest BCUT2D eigenvalue weighted by Gasteiger charge is -2.24. The highest BCUT2D eigenvalue weighted by molar-refractivity contribution is 7.80. The van der Waals surface area contributed by atoms with Crippen molar-refractivity contribution in [3.8, 4) is 5.75 Å². The van der Waals surface area contributed by atoms with Crippen LogP contribution in [0.3, 0.4) is 0 Å². The molecule has 4 heteroatoms. The third-order valence-corrected chi connectivity index (χ3v) is 5.54. The number of benzene rings is 1. The number of alkyl halides is 1. The number of rotatable bonds is 2. The van der Waals surface area contributed by atoms with E-state index in [9.17, 15) is 0 Å². The first-order chi connectivity index (χ1) is 9.73. The van der Waals surface area contributed by atoms with Gasteiger partial charge in [-0.15, -0.1) is 24.2 Å². The minimum Gasteiger partial charge on any atom is -0.456 e. The van der Waals surface area contributed by atoms with E-state index in [1.165, 1.54) is 0 Å². The van der Waals surface area contributed by atoms with Crippen LogP contribution in [0.25, 0.3) is 0 Å². The molecule has 0 amide bonds. The van der Waals surface area contributed by atoms with E-state index < -0.39 is 0 Å². The van der Waals surface area contributed by atoms with Gasteiger partial charge in [0.25, 0.3) is 0 Å². The maximum Gasteiger partial charge on any atom is 0.142 e. The van der Waals surface area contributed by atoms with Crippen LogP contribution in [0.15, 0.2) is 46.1 Å². The van der Waals surface area contributed by atoms with E-state index in [1.54, 1.807) is 0 Å². The van der Waals surface area contributed by atoms with E-state index in [-0.39, 0.29) is 5.38 Å². The molecule has 0 N–H and O–H groups in total. The zero-order valence-corrected chi connectivity index (χ0v) is 15.0. The summed E-state index contributed by atoms with van der Waals surface area (Å²) < 4.78 is 5.99. The van der Waals surface area contributed by atoms with Crippen molar-refractivity contribution in [2.75, 3.05) is 0 Å². The maximum atomic E-state index is 6.38. The van der Waals surface area contributed by atoms with Crippen LogP contribution < -0.4 is 4.74 Å². The second-order valence-electron chi connectivity index (χ2n) is 5.34. The molecular weight excluding hydrogens is 323 g/mol. The number of hydrogen-bond acceptors (Lipinski definition) is 2. The summed E-state index contributed by atoms with van der Waals surface area (Å²) in [5.41, 5.74) is 5.00. The Labute approximate surface area is 141 Å². The second-order valence-corrected chi connectivity index (χ2v) is 6.61. The highest BCUT2D eigenvalue weighted by Crippen LogP contribution is 2.39. The lowest BCUT2D eigenvalue weighted by atomic mass is 9.95. The van der Waals surface area contributed by atoms with Crippen molar-refractivity contribution in [3.05, 3.63) is 57.3 Å². The summed E-state index contributed by atoms with van der Waals surface area (Å²) >= 11 is 17.1. The Morgan fingerprint density at radius 2 is 1.86 bits per heavy atom. The van der Waals surface area contributed by atoms with Crippen molar-refractivity contribution < 1.29 is 4.74 Å². The van der Waals surface area contributed by atoms with Gasteiger partial charge in [0.2, 0.25) is 0 Å². The first kappa shape index (κ1) is 16.5. The SMILES string of the molecule is C=C1C(Oc2cc(C)c(C)c(Cl)c2S)=CC(C)=C(C)C1Cl. The molecule has 1 atom stereocenters. The molecule has 0 saturated carbocycles. The van der Waals surface area contributed by atoms with Gasteiger partial charge in [0.1, 0.15) is 11.5 Å². The van der Waals surface area contributed by atoms with Crippen LogP contribution in [0.4, 0.5) is 0 Å². The molecule has 1 aromatic rings. The monoisotopic (exact) mass is 340 g/mol. The van der Waals surface area contributed by atoms with Crippen molar-refractivity contribution in [3.63, 3.8) is 0 Å². The van der Waals surface area contributed by atoms with Gasteiger partial charge in [0, 0.05) is 5.57 Å². The second kappa shape index (κ2) is 6.12. The van der Waals surface area contributed by atoms with Crippen molar-refractivity contribution in [1.29, 1.82) is 0 Å². The average molecular weight is 341 g/mol. The molecule has 2 rings (SSSR count). The molecule has 1 aliphatic rings. The van der Waals surface area contributed by atoms with E-state index in [0.29, 0.717) is 21.4 Å². The summed E-state index contributed by atoms with van der Waals surface area (Å²) in [6.45, 7) is 12.0. The summed E-state index contributed by atoms with van der Waals surface area (Å²) in [4.78, 5) is 0.628. The summed E-state index contributed by atoms with van der Waals surface area (Å²) in [6, 6.07) is 1.93. The van der Waals surface area contributed by atoms with E-state index in [2.05, 4.69) is 19.2 Å². The lowest BCUT2D eigenvalue weighted by Crippen LogP contribution is -2.15. The number of ether oxygens (including phenoxy) is 1. The zero-order valence-electron chi connectivity index (χ0n) is 12.6. The van der Waals surface area contributed by atoms with Crippen LogP contribution in [0.5, 0.6) is 5.75 Å². The number of thiol groups is 1. The number of allylic oxidation sites excluding steroid dienone is 4. The molecule has 1 nitrogen and oxygen atoms in total. The van der Waals surface area contributed by atoms with Crippen molar-refractivity contribution >= 4 is 35.8 Å². The highest BCUT2D eigenvalue weighted by atomic mass is 35.5. The Hall–Kier alpha value is -0.830. The van der Waals surface area contributed by atoms with Gasteiger partial charge in [-0.25, -0.2) is 0 Å². The molecule has 112 valence electrons. The molecule has 0 saturated heterocycles. The molecule has 1 aliphatic carbocycles. The molecule has 0 bridgehead atoms. The molecule has 1 unspecified atom stereocenters. The van der Waals surface area contributed by atoms with Gasteiger partial charge in [-0.05, 0) is 62.1 Å². The standard InChI is InChI=1S/C17H18Cl2OS/c1-8-6-13(12(5)15(18)10(8)3)20-14-7-9(2)11(4)16(19)17(14)21/h6-7,15,21H,5H2,1-4H3. The largest absolute Gasteiger partial charge is 0.456 e. The van der Waals surface area contributed by atoms with E-state index in [0.717, 1.165) is 27.8 Å². The Morgan fingerprint density at radius 3 is 2.48 bits per heavy atom. The van der Waals surface area contributed by atoms with Crippen LogP contribution in [0.2, 0.25) is 5.02 Å². The van der Waals surface area contributed by atoms with E-state index in [4.69, 9.17) is 27.9 Å². The molecule has 0 heterocycles. The van der Waals surface area contributed by atoms with Crippen LogP contribution in [0.1, 0.15) is 25.0 Å². The Balaban J connectivity index is 2.44. The zero-order chi connectivity index (χ0) is 15.9. The van der Waals surface area contributed by atoms with Gasteiger partial charge in [-0.1, -0.05) is 18.2 Å². The molecular formula is C17H18Cl2OS. The summed E-state index contributed by atoms with van der Waals surface area (Å²) in [5.74, 6) is 1.28. The molecule has 21 heavy (non-hydrogen) atoms. The first-order valence-electron chi connectivity index (χ1n) is 6.62. The van der Waals surface area contributed by atoms with Crippen LogP contribution >= 0.6 is 35.8 Å². The minimum atomic E-state index is -0.240. The molecule has 0 spiro atoms. The molecule has 0 radical (unpaired) electrons. The lowest BCUT2D eigenvalue weighted by molar-refractivity contribution is 0.422. The van der Waals surface area contributed by atoms with Gasteiger partial charge in [-0.2, -0.15) is 0 Å². The Bertz CT molecular complexity index is 687. The quantitative estimate of drug-likeness (QED) is 0.511. The van der Waals surface area contributed by atoms with Crippen molar-refractivity contribution in [1.82, 2.24) is 0 Å². The van der Waals surface area contributed by atoms with Gasteiger partial charge < -0.3 is 4.74 Å². The third-order valence-electron chi connectivity index (χ3n) is 3.90. The van der Waals surface area contributed by atoms with E-state index in [1.807, 2.05) is 39.8 Å². The molecule has 0 aliphatic heterocycles. The molecule has 0 aromatic heterocycles. The fourth-order valence-electron chi connectivity index (χ4n) is 2.11. The van der Waals surface area contributed by atoms with Crippen LogP contribution in [-0.2, 0) is 0 Å². The normalized spacial score (nSPS) is 18.9. The van der Waals surface area contributed by atoms with Gasteiger partial charge in [0.05, 0.1) is 15.3 Å². The summed E-state index contributed by atoms with van der Waals surface area (Å²) in [7, 11) is 0. The Kier molecular flexibility index (Phi) is 4.82. The predicted molar refractivity (Wildman–Crippen MR) is 94.0 cm³/mol. The van der Waals surface area contributed by atoms with Crippen LogP contribution in [0, 0.1) is 13.8 Å². The third kappa shape index (κ3) is 3.03. The summed E-state index contributed by atoms with van der Waals surface area (Å²) in [6.07, 6.45) is 1.95. The van der Waals surface area contributed by atoms with Gasteiger partial charge in [-0.3, -0.25) is 0 Å². The number of halogens is 2. The smallest absolute Gasteiger partial charge is 0.142 e. The van der Waals surface area contributed by atoms with Gasteiger partial charge >= 0.3 is 0 Å². The summed E-state index contributed by atoms with van der Waals surface area (Å²) in [5, 5.41) is 0.372. The number of aryl methyl sites for hydroxylation is 1. The van der Waals surface area contributed by atoms with Crippen molar-refractivity contribution in [2.45, 2.75) is 38.0 Å². The fourth-order valence-corrected chi connectivity index (χ4v) is 2.91. The van der Waals surface area contributed by atoms with Crippen LogP contribution in [-0.4, -0.2) is 5.38 Å². The predicted octanol–water partition coefficient (Wildman–Crippen LogP) is 6.02. The first-order valence-corrected chi connectivity index (χ1v) is 7.89.